The van der Waals surface area contributed by atoms with Crippen molar-refractivity contribution >= 4 is 16.9 Å². The summed E-state index contributed by atoms with van der Waals surface area (Å²) in [7, 11) is 0. The maximum atomic E-state index is 11.4. The smallest absolute Gasteiger partial charge is 0.339 e. The lowest BCUT2D eigenvalue weighted by Crippen LogP contribution is -2.16. The Hall–Kier alpha value is -1.81. The van der Waals surface area contributed by atoms with Gasteiger partial charge in [-0.05, 0) is 24.9 Å². The fourth-order valence-corrected chi connectivity index (χ4v) is 2.37. The van der Waals surface area contributed by atoms with Crippen LogP contribution in [-0.4, -0.2) is 17.6 Å². The summed E-state index contributed by atoms with van der Waals surface area (Å²) in [6.45, 7) is 1.39. The van der Waals surface area contributed by atoms with Crippen LogP contribution in [0.3, 0.4) is 0 Å². The monoisotopic (exact) mass is 259 g/mol. The summed E-state index contributed by atoms with van der Waals surface area (Å²) < 4.78 is 5.64. The van der Waals surface area contributed by atoms with E-state index in [2.05, 4.69) is 5.32 Å². The highest BCUT2D eigenvalue weighted by molar-refractivity contribution is 6.03. The van der Waals surface area contributed by atoms with E-state index in [1.807, 2.05) is 12.1 Å². The standard InChI is InChI=1S/C15H17NO3/c17-15(18)14-11-3-1-2-4-12(11)19-13(14)9-16-8-7-10-5-6-10/h1-4,10,16H,5-9H2,(H,17,18). The van der Waals surface area contributed by atoms with Crippen LogP contribution in [0.5, 0.6) is 0 Å². The van der Waals surface area contributed by atoms with Crippen molar-refractivity contribution in [2.45, 2.75) is 25.8 Å². The number of furan rings is 1. The van der Waals surface area contributed by atoms with Crippen LogP contribution in [0.1, 0.15) is 35.4 Å². The molecule has 1 heterocycles. The normalized spacial score (nSPS) is 14.9. The van der Waals surface area contributed by atoms with Crippen molar-refractivity contribution in [3.63, 3.8) is 0 Å². The van der Waals surface area contributed by atoms with Gasteiger partial charge in [-0.15, -0.1) is 0 Å². The molecule has 0 saturated heterocycles. The third-order valence-electron chi connectivity index (χ3n) is 3.59. The second-order valence-electron chi connectivity index (χ2n) is 5.11. The fraction of sp³-hybridized carbons (Fsp3) is 0.400. The molecule has 1 aromatic carbocycles. The number of hydrogen-bond donors (Lipinski definition) is 2. The van der Waals surface area contributed by atoms with E-state index in [0.29, 0.717) is 23.3 Å². The first kappa shape index (κ1) is 12.2. The molecule has 1 aliphatic carbocycles. The molecule has 2 aromatic rings. The predicted octanol–water partition coefficient (Wildman–Crippen LogP) is 3.02. The summed E-state index contributed by atoms with van der Waals surface area (Å²) in [4.78, 5) is 11.4. The lowest BCUT2D eigenvalue weighted by molar-refractivity contribution is 0.0696. The summed E-state index contributed by atoms with van der Waals surface area (Å²) in [6.07, 6.45) is 3.85. The number of fused-ring (bicyclic) bond motifs is 1. The Bertz CT molecular complexity index is 598. The third kappa shape index (κ3) is 2.63. The van der Waals surface area contributed by atoms with Crippen LogP contribution in [0.4, 0.5) is 0 Å². The molecule has 4 nitrogen and oxygen atoms in total. The SMILES string of the molecule is O=C(O)c1c(CNCCC2CC2)oc2ccccc12. The van der Waals surface area contributed by atoms with E-state index in [1.165, 1.54) is 19.3 Å². The van der Waals surface area contributed by atoms with E-state index in [-0.39, 0.29) is 5.56 Å². The number of carboxylic acids is 1. The number of hydrogen-bond acceptors (Lipinski definition) is 3. The van der Waals surface area contributed by atoms with Crippen LogP contribution in [0.25, 0.3) is 11.0 Å². The van der Waals surface area contributed by atoms with E-state index in [0.717, 1.165) is 12.5 Å². The predicted molar refractivity (Wildman–Crippen MR) is 72.2 cm³/mol. The molecule has 0 atom stereocenters. The van der Waals surface area contributed by atoms with Crippen LogP contribution in [0, 0.1) is 5.92 Å². The largest absolute Gasteiger partial charge is 0.478 e. The Kier molecular flexibility index (Phi) is 3.25. The van der Waals surface area contributed by atoms with Crippen molar-refractivity contribution in [3.05, 3.63) is 35.6 Å². The molecule has 0 spiro atoms. The molecule has 0 amide bonds. The van der Waals surface area contributed by atoms with Gasteiger partial charge < -0.3 is 14.8 Å². The highest BCUT2D eigenvalue weighted by Crippen LogP contribution is 2.31. The third-order valence-corrected chi connectivity index (χ3v) is 3.59. The van der Waals surface area contributed by atoms with Gasteiger partial charge in [-0.2, -0.15) is 0 Å². The van der Waals surface area contributed by atoms with E-state index in [1.54, 1.807) is 12.1 Å². The van der Waals surface area contributed by atoms with Gasteiger partial charge in [-0.25, -0.2) is 4.79 Å². The highest BCUT2D eigenvalue weighted by atomic mass is 16.4. The molecule has 3 rings (SSSR count). The number of nitrogens with one attached hydrogen (secondary N) is 1. The Labute approximate surface area is 111 Å². The van der Waals surface area contributed by atoms with Gasteiger partial charge in [-0.1, -0.05) is 31.0 Å². The Morgan fingerprint density at radius 2 is 2.16 bits per heavy atom. The topological polar surface area (TPSA) is 62.5 Å². The molecule has 100 valence electrons. The van der Waals surface area contributed by atoms with Crippen molar-refractivity contribution in [3.8, 4) is 0 Å². The molecule has 1 aliphatic rings. The Morgan fingerprint density at radius 1 is 1.37 bits per heavy atom. The molecular weight excluding hydrogens is 242 g/mol. The molecule has 4 heteroatoms. The number of benzene rings is 1. The minimum atomic E-state index is -0.927. The fourth-order valence-electron chi connectivity index (χ4n) is 2.37. The summed E-state index contributed by atoms with van der Waals surface area (Å²) in [5.74, 6) is 0.468. The zero-order valence-corrected chi connectivity index (χ0v) is 10.7. The average molecular weight is 259 g/mol. The number of rotatable bonds is 6. The average Bonchev–Trinajstić information content (AvgIpc) is 3.13. The molecule has 0 aliphatic heterocycles. The molecule has 0 radical (unpaired) electrons. The molecule has 19 heavy (non-hydrogen) atoms. The van der Waals surface area contributed by atoms with Crippen LogP contribution < -0.4 is 5.32 Å². The molecule has 1 fully saturated rings. The van der Waals surface area contributed by atoms with Crippen molar-refractivity contribution in [1.82, 2.24) is 5.32 Å². The number of carboxylic acid groups (broad SMARTS) is 1. The Balaban J connectivity index is 1.76. The van der Waals surface area contributed by atoms with Gasteiger partial charge in [0.2, 0.25) is 0 Å². The summed E-state index contributed by atoms with van der Waals surface area (Å²) in [5, 5.41) is 13.3. The zero-order valence-electron chi connectivity index (χ0n) is 10.7. The first-order chi connectivity index (χ1) is 9.25. The van der Waals surface area contributed by atoms with E-state index >= 15 is 0 Å². The van der Waals surface area contributed by atoms with Crippen molar-refractivity contribution in [2.24, 2.45) is 5.92 Å². The van der Waals surface area contributed by atoms with Gasteiger partial charge in [0.15, 0.2) is 0 Å². The van der Waals surface area contributed by atoms with E-state index in [9.17, 15) is 9.90 Å². The van der Waals surface area contributed by atoms with Crippen LogP contribution >= 0.6 is 0 Å². The van der Waals surface area contributed by atoms with Crippen LogP contribution in [0.15, 0.2) is 28.7 Å². The summed E-state index contributed by atoms with van der Waals surface area (Å²) in [5.41, 5.74) is 0.924. The van der Waals surface area contributed by atoms with Crippen LogP contribution in [0.2, 0.25) is 0 Å². The first-order valence-electron chi connectivity index (χ1n) is 6.70. The molecule has 1 aromatic heterocycles. The lowest BCUT2D eigenvalue weighted by atomic mass is 10.1. The first-order valence-corrected chi connectivity index (χ1v) is 6.70. The number of aromatic carboxylic acids is 1. The molecule has 0 bridgehead atoms. The highest BCUT2D eigenvalue weighted by Gasteiger charge is 2.21. The minimum Gasteiger partial charge on any atom is -0.478 e. The van der Waals surface area contributed by atoms with E-state index < -0.39 is 5.97 Å². The molecule has 2 N–H and O–H groups in total. The van der Waals surface area contributed by atoms with Gasteiger partial charge in [0.05, 0.1) is 6.54 Å². The molecule has 1 saturated carbocycles. The minimum absolute atomic E-state index is 0.287. The lowest BCUT2D eigenvalue weighted by Gasteiger charge is -2.02. The van der Waals surface area contributed by atoms with Crippen molar-refractivity contribution < 1.29 is 14.3 Å². The van der Waals surface area contributed by atoms with Gasteiger partial charge in [-0.3, -0.25) is 0 Å². The zero-order chi connectivity index (χ0) is 13.2. The second-order valence-corrected chi connectivity index (χ2v) is 5.11. The van der Waals surface area contributed by atoms with Crippen molar-refractivity contribution in [2.75, 3.05) is 6.54 Å². The van der Waals surface area contributed by atoms with Gasteiger partial charge in [0.25, 0.3) is 0 Å². The molecule has 0 unspecified atom stereocenters. The van der Waals surface area contributed by atoms with Gasteiger partial charge in [0.1, 0.15) is 16.9 Å². The maximum Gasteiger partial charge on any atom is 0.339 e. The maximum absolute atomic E-state index is 11.4. The summed E-state index contributed by atoms with van der Waals surface area (Å²) >= 11 is 0. The summed E-state index contributed by atoms with van der Waals surface area (Å²) in [6, 6.07) is 7.27. The number of carbonyl (C=O) groups is 1. The second kappa shape index (κ2) is 5.05. The number of para-hydroxylation sites is 1. The Morgan fingerprint density at radius 3 is 2.89 bits per heavy atom. The van der Waals surface area contributed by atoms with Crippen LogP contribution in [-0.2, 0) is 6.54 Å². The van der Waals surface area contributed by atoms with Gasteiger partial charge in [0, 0.05) is 5.39 Å². The van der Waals surface area contributed by atoms with E-state index in [4.69, 9.17) is 4.42 Å². The quantitative estimate of drug-likeness (QED) is 0.783. The molecular formula is C15H17NO3. The van der Waals surface area contributed by atoms with Gasteiger partial charge >= 0.3 is 5.97 Å². The van der Waals surface area contributed by atoms with Crippen molar-refractivity contribution in [1.29, 1.82) is 0 Å².